The Morgan fingerprint density at radius 2 is 1.92 bits per heavy atom. The Kier molecular flexibility index (Phi) is 6.04. The minimum absolute atomic E-state index is 0.0273. The molecule has 5 nitrogen and oxygen atoms in total. The van der Waals surface area contributed by atoms with Gasteiger partial charge in [0, 0.05) is 11.4 Å². The van der Waals surface area contributed by atoms with E-state index < -0.39 is 10.0 Å². The van der Waals surface area contributed by atoms with Gasteiger partial charge in [-0.15, -0.1) is 11.8 Å². The third kappa shape index (κ3) is 5.09. The largest absolute Gasteiger partial charge is 0.325 e. The summed E-state index contributed by atoms with van der Waals surface area (Å²) >= 11 is 1.53. The molecule has 0 fully saturated rings. The molecule has 0 saturated heterocycles. The van der Waals surface area contributed by atoms with Crippen molar-refractivity contribution in [3.63, 3.8) is 0 Å². The van der Waals surface area contributed by atoms with Crippen LogP contribution < -0.4 is 10.5 Å². The second-order valence-corrected chi connectivity index (χ2v) is 8.33. The van der Waals surface area contributed by atoms with E-state index in [1.807, 2.05) is 38.1 Å². The maximum Gasteiger partial charge on any atom is 0.238 e. The van der Waals surface area contributed by atoms with E-state index in [1.165, 1.54) is 35.0 Å². The first kappa shape index (κ1) is 18.5. The minimum atomic E-state index is -3.79. The number of primary sulfonamides is 1. The Hall–Kier alpha value is -1.83. The van der Waals surface area contributed by atoms with Crippen molar-refractivity contribution >= 4 is 33.4 Å². The molecule has 2 rings (SSSR count). The zero-order valence-corrected chi connectivity index (χ0v) is 15.2. The lowest BCUT2D eigenvalue weighted by molar-refractivity contribution is -0.115. The molecule has 0 aliphatic carbocycles. The number of amides is 1. The van der Waals surface area contributed by atoms with E-state index in [4.69, 9.17) is 5.14 Å². The van der Waals surface area contributed by atoms with Crippen LogP contribution in [0.1, 0.15) is 18.1 Å². The summed E-state index contributed by atoms with van der Waals surface area (Å²) in [6, 6.07) is 14.0. The zero-order chi connectivity index (χ0) is 17.7. The van der Waals surface area contributed by atoms with Crippen molar-refractivity contribution in [1.82, 2.24) is 0 Å². The maximum absolute atomic E-state index is 12.3. The molecule has 0 saturated carbocycles. The van der Waals surface area contributed by atoms with Crippen LogP contribution in [0.5, 0.6) is 0 Å². The topological polar surface area (TPSA) is 89.3 Å². The van der Waals surface area contributed by atoms with Gasteiger partial charge in [0.25, 0.3) is 0 Å². The van der Waals surface area contributed by atoms with Crippen LogP contribution in [0.25, 0.3) is 0 Å². The summed E-state index contributed by atoms with van der Waals surface area (Å²) in [5.74, 6) is 0.554. The molecular weight excluding hydrogens is 344 g/mol. The lowest BCUT2D eigenvalue weighted by Crippen LogP contribution is -2.23. The third-order valence-electron chi connectivity index (χ3n) is 3.55. The third-order valence-corrected chi connectivity index (χ3v) is 5.65. The van der Waals surface area contributed by atoms with Gasteiger partial charge in [-0.25, -0.2) is 13.6 Å². The van der Waals surface area contributed by atoms with Crippen molar-refractivity contribution in [2.75, 3.05) is 5.32 Å². The highest BCUT2D eigenvalue weighted by Crippen LogP contribution is 2.22. The standard InChI is InChI=1S/C17H20N2O3S2/c1-12-6-3-4-7-14(12)11-23-13(2)17(20)19-15-8-5-9-16(10-15)24(18,21)22/h3-10,13H,11H2,1-2H3,(H,19,20)(H2,18,21,22)/t13-/m1/s1. The monoisotopic (exact) mass is 364 g/mol. The predicted molar refractivity (Wildman–Crippen MR) is 98.4 cm³/mol. The van der Waals surface area contributed by atoms with Gasteiger partial charge in [0.2, 0.25) is 15.9 Å². The molecule has 0 aliphatic heterocycles. The SMILES string of the molecule is Cc1ccccc1CS[C@H](C)C(=O)Nc1cccc(S(N)(=O)=O)c1. The fraction of sp³-hybridized carbons (Fsp3) is 0.235. The van der Waals surface area contributed by atoms with Crippen molar-refractivity contribution < 1.29 is 13.2 Å². The molecule has 3 N–H and O–H groups in total. The van der Waals surface area contributed by atoms with Crippen LogP contribution in [0.4, 0.5) is 5.69 Å². The van der Waals surface area contributed by atoms with Gasteiger partial charge in [-0.2, -0.15) is 0 Å². The van der Waals surface area contributed by atoms with Gasteiger partial charge in [0.05, 0.1) is 10.1 Å². The van der Waals surface area contributed by atoms with E-state index in [9.17, 15) is 13.2 Å². The van der Waals surface area contributed by atoms with Crippen LogP contribution >= 0.6 is 11.8 Å². The lowest BCUT2D eigenvalue weighted by Gasteiger charge is -2.13. The number of thioether (sulfide) groups is 1. The van der Waals surface area contributed by atoms with Crippen LogP contribution in [0.3, 0.4) is 0 Å². The average molecular weight is 364 g/mol. The number of anilines is 1. The summed E-state index contributed by atoms with van der Waals surface area (Å²) in [6.07, 6.45) is 0. The summed E-state index contributed by atoms with van der Waals surface area (Å²) in [5.41, 5.74) is 2.80. The van der Waals surface area contributed by atoms with Gasteiger partial charge in [0.15, 0.2) is 0 Å². The van der Waals surface area contributed by atoms with Crippen LogP contribution in [-0.2, 0) is 20.6 Å². The molecule has 7 heteroatoms. The van der Waals surface area contributed by atoms with Crippen LogP contribution in [0, 0.1) is 6.92 Å². The number of nitrogens with one attached hydrogen (secondary N) is 1. The molecule has 0 spiro atoms. The molecule has 24 heavy (non-hydrogen) atoms. The van der Waals surface area contributed by atoms with Gasteiger partial charge >= 0.3 is 0 Å². The number of hydrogen-bond donors (Lipinski definition) is 2. The van der Waals surface area contributed by atoms with E-state index in [1.54, 1.807) is 12.1 Å². The predicted octanol–water partition coefficient (Wildman–Crippen LogP) is 2.90. The van der Waals surface area contributed by atoms with Crippen LogP contribution in [0.15, 0.2) is 53.4 Å². The number of benzene rings is 2. The van der Waals surface area contributed by atoms with E-state index in [0.717, 1.165) is 5.75 Å². The second kappa shape index (κ2) is 7.83. The molecule has 0 bridgehead atoms. The molecule has 2 aromatic carbocycles. The second-order valence-electron chi connectivity index (χ2n) is 5.44. The van der Waals surface area contributed by atoms with Crippen molar-refractivity contribution in [2.24, 2.45) is 5.14 Å². The fourth-order valence-electron chi connectivity index (χ4n) is 2.06. The first-order valence-corrected chi connectivity index (χ1v) is 9.97. The lowest BCUT2D eigenvalue weighted by atomic mass is 10.1. The summed E-state index contributed by atoms with van der Waals surface area (Å²) < 4.78 is 22.7. The Balaban J connectivity index is 1.98. The molecule has 2 aromatic rings. The molecular formula is C17H20N2O3S2. The van der Waals surface area contributed by atoms with E-state index >= 15 is 0 Å². The highest BCUT2D eigenvalue weighted by molar-refractivity contribution is 7.99. The number of hydrogen-bond acceptors (Lipinski definition) is 4. The summed E-state index contributed by atoms with van der Waals surface area (Å²) in [5, 5.41) is 7.55. The molecule has 1 atom stereocenters. The Labute approximate surface area is 146 Å². The van der Waals surface area contributed by atoms with Gasteiger partial charge in [-0.1, -0.05) is 30.3 Å². The highest BCUT2D eigenvalue weighted by Gasteiger charge is 2.15. The van der Waals surface area contributed by atoms with Crippen molar-refractivity contribution in [3.8, 4) is 0 Å². The number of carbonyl (C=O) groups excluding carboxylic acids is 1. The summed E-state index contributed by atoms with van der Waals surface area (Å²) in [4.78, 5) is 12.2. The molecule has 0 radical (unpaired) electrons. The van der Waals surface area contributed by atoms with Gasteiger partial charge in [-0.05, 0) is 43.2 Å². The normalized spacial score (nSPS) is 12.6. The van der Waals surface area contributed by atoms with Gasteiger partial charge in [0.1, 0.15) is 0 Å². The Morgan fingerprint density at radius 1 is 1.21 bits per heavy atom. The first-order chi connectivity index (χ1) is 11.3. The van der Waals surface area contributed by atoms with E-state index in [-0.39, 0.29) is 16.1 Å². The van der Waals surface area contributed by atoms with E-state index in [0.29, 0.717) is 5.69 Å². The van der Waals surface area contributed by atoms with Gasteiger partial charge < -0.3 is 5.32 Å². The maximum atomic E-state index is 12.3. The van der Waals surface area contributed by atoms with Crippen molar-refractivity contribution in [1.29, 1.82) is 0 Å². The van der Waals surface area contributed by atoms with Crippen LogP contribution in [-0.4, -0.2) is 19.6 Å². The first-order valence-electron chi connectivity index (χ1n) is 7.37. The number of nitrogens with two attached hydrogens (primary N) is 1. The number of carbonyl (C=O) groups is 1. The summed E-state index contributed by atoms with van der Waals surface area (Å²) in [7, 11) is -3.79. The average Bonchev–Trinajstić information content (AvgIpc) is 2.53. The highest BCUT2D eigenvalue weighted by atomic mass is 32.2. The number of rotatable bonds is 6. The summed E-state index contributed by atoms with van der Waals surface area (Å²) in [6.45, 7) is 3.86. The zero-order valence-electron chi connectivity index (χ0n) is 13.5. The van der Waals surface area contributed by atoms with Crippen molar-refractivity contribution in [3.05, 3.63) is 59.7 Å². The molecule has 0 heterocycles. The quantitative estimate of drug-likeness (QED) is 0.825. The number of aryl methyl sites for hydroxylation is 1. The fourth-order valence-corrected chi connectivity index (χ4v) is 3.58. The Morgan fingerprint density at radius 3 is 2.58 bits per heavy atom. The molecule has 128 valence electrons. The molecule has 0 aromatic heterocycles. The smallest absolute Gasteiger partial charge is 0.238 e. The molecule has 1 amide bonds. The van der Waals surface area contributed by atoms with Crippen molar-refractivity contribution in [2.45, 2.75) is 29.7 Å². The van der Waals surface area contributed by atoms with E-state index in [2.05, 4.69) is 5.32 Å². The molecule has 0 aliphatic rings. The van der Waals surface area contributed by atoms with Crippen LogP contribution in [0.2, 0.25) is 0 Å². The Bertz CT molecular complexity index is 835. The number of sulfonamides is 1. The van der Waals surface area contributed by atoms with Gasteiger partial charge in [-0.3, -0.25) is 4.79 Å². The molecule has 0 unspecified atom stereocenters. The minimum Gasteiger partial charge on any atom is -0.325 e.